The third-order valence-electron chi connectivity index (χ3n) is 4.09. The summed E-state index contributed by atoms with van der Waals surface area (Å²) in [5.74, 6) is -0.275. The zero-order valence-corrected chi connectivity index (χ0v) is 13.5. The van der Waals surface area contributed by atoms with Gasteiger partial charge >= 0.3 is 0 Å². The fourth-order valence-corrected chi connectivity index (χ4v) is 3.31. The minimum atomic E-state index is -0.449. The van der Waals surface area contributed by atoms with Crippen molar-refractivity contribution < 1.29 is 9.18 Å². The van der Waals surface area contributed by atoms with Crippen LogP contribution in [0.25, 0.3) is 0 Å². The summed E-state index contributed by atoms with van der Waals surface area (Å²) in [6.45, 7) is 2.27. The van der Waals surface area contributed by atoms with Crippen LogP contribution in [0.15, 0.2) is 18.2 Å². The maximum absolute atomic E-state index is 13.8. The molecule has 3 N–H and O–H groups in total. The van der Waals surface area contributed by atoms with E-state index >= 15 is 0 Å². The van der Waals surface area contributed by atoms with Crippen molar-refractivity contribution in [3.63, 3.8) is 0 Å². The molecule has 1 aliphatic carbocycles. The Morgan fingerprint density at radius 3 is 2.86 bits per heavy atom. The summed E-state index contributed by atoms with van der Waals surface area (Å²) >= 11 is 6.01. The molecule has 0 heterocycles. The van der Waals surface area contributed by atoms with Gasteiger partial charge < -0.3 is 11.1 Å². The van der Waals surface area contributed by atoms with Gasteiger partial charge in [-0.15, -0.1) is 12.4 Å². The highest BCUT2D eigenvalue weighted by Crippen LogP contribution is 2.32. The summed E-state index contributed by atoms with van der Waals surface area (Å²) in [5, 5.41) is 3.20. The van der Waals surface area contributed by atoms with Crippen LogP contribution in [0.1, 0.15) is 37.8 Å². The van der Waals surface area contributed by atoms with E-state index in [-0.39, 0.29) is 30.2 Å². The number of nitrogens with one attached hydrogen (secondary N) is 1. The lowest BCUT2D eigenvalue weighted by Gasteiger charge is -2.22. The molecule has 0 saturated heterocycles. The van der Waals surface area contributed by atoms with E-state index in [4.69, 9.17) is 17.3 Å². The summed E-state index contributed by atoms with van der Waals surface area (Å²) < 4.78 is 13.8. The van der Waals surface area contributed by atoms with Crippen molar-refractivity contribution in [1.82, 2.24) is 5.32 Å². The van der Waals surface area contributed by atoms with Crippen LogP contribution < -0.4 is 11.1 Å². The van der Waals surface area contributed by atoms with Crippen molar-refractivity contribution in [2.24, 2.45) is 17.6 Å². The largest absolute Gasteiger partial charge is 0.349 e. The van der Waals surface area contributed by atoms with Gasteiger partial charge in [-0.05, 0) is 44.4 Å². The highest BCUT2D eigenvalue weighted by molar-refractivity contribution is 6.31. The van der Waals surface area contributed by atoms with Gasteiger partial charge in [0.2, 0.25) is 5.91 Å². The molecular formula is C15H21Cl2FN2O. The van der Waals surface area contributed by atoms with Crippen molar-refractivity contribution in [2.75, 3.05) is 6.54 Å². The third-order valence-corrected chi connectivity index (χ3v) is 4.42. The average Bonchev–Trinajstić information content (AvgIpc) is 2.86. The molecule has 0 bridgehead atoms. The molecule has 0 radical (unpaired) electrons. The molecule has 3 nitrogen and oxygen atoms in total. The first-order chi connectivity index (χ1) is 9.54. The summed E-state index contributed by atoms with van der Waals surface area (Å²) in [4.78, 5) is 12.3. The van der Waals surface area contributed by atoms with Gasteiger partial charge in [-0.1, -0.05) is 24.1 Å². The summed E-state index contributed by atoms with van der Waals surface area (Å²) in [5.41, 5.74) is 6.03. The molecule has 0 aliphatic heterocycles. The van der Waals surface area contributed by atoms with Gasteiger partial charge in [-0.2, -0.15) is 0 Å². The maximum atomic E-state index is 13.8. The molecule has 1 aromatic carbocycles. The Morgan fingerprint density at radius 1 is 1.52 bits per heavy atom. The van der Waals surface area contributed by atoms with Crippen LogP contribution in [-0.4, -0.2) is 12.5 Å². The topological polar surface area (TPSA) is 55.1 Å². The second kappa shape index (κ2) is 7.97. The van der Waals surface area contributed by atoms with Crippen molar-refractivity contribution >= 4 is 29.9 Å². The van der Waals surface area contributed by atoms with Crippen LogP contribution in [-0.2, 0) is 4.79 Å². The highest BCUT2D eigenvalue weighted by atomic mass is 35.5. The van der Waals surface area contributed by atoms with E-state index in [1.54, 1.807) is 19.1 Å². The van der Waals surface area contributed by atoms with E-state index in [2.05, 4.69) is 5.32 Å². The standard InChI is InChI=1S/C15H20ClFN2O.ClH/c1-9(14-12(16)6-3-7-13(14)17)19-15(20)11-5-2-4-10(11)8-18;/h3,6-7,9-11H,2,4-5,8,18H2,1H3,(H,19,20);1H/t9?,10-,11-;/m1./s1. The second-order valence-corrected chi connectivity index (χ2v) is 5.81. The van der Waals surface area contributed by atoms with Crippen LogP contribution in [0.5, 0.6) is 0 Å². The Hall–Kier alpha value is -0.840. The summed E-state index contributed by atoms with van der Waals surface area (Å²) in [7, 11) is 0. The Morgan fingerprint density at radius 2 is 2.24 bits per heavy atom. The summed E-state index contributed by atoms with van der Waals surface area (Å²) in [6, 6.07) is 4.08. The first-order valence-corrected chi connectivity index (χ1v) is 7.36. The molecule has 1 fully saturated rings. The smallest absolute Gasteiger partial charge is 0.223 e. The average molecular weight is 335 g/mol. The fraction of sp³-hybridized carbons (Fsp3) is 0.533. The Balaban J connectivity index is 0.00000220. The molecule has 1 aromatic rings. The van der Waals surface area contributed by atoms with Crippen LogP contribution >= 0.6 is 24.0 Å². The molecule has 21 heavy (non-hydrogen) atoms. The number of rotatable bonds is 4. The van der Waals surface area contributed by atoms with Gasteiger partial charge in [0.05, 0.1) is 6.04 Å². The van der Waals surface area contributed by atoms with Crippen molar-refractivity contribution in [1.29, 1.82) is 0 Å². The number of hydrogen-bond acceptors (Lipinski definition) is 2. The molecular weight excluding hydrogens is 314 g/mol. The predicted octanol–water partition coefficient (Wildman–Crippen LogP) is 3.45. The number of carbonyl (C=O) groups excluding carboxylic acids is 1. The first kappa shape index (κ1) is 18.2. The number of carbonyl (C=O) groups is 1. The van der Waals surface area contributed by atoms with Crippen LogP contribution in [0, 0.1) is 17.7 Å². The van der Waals surface area contributed by atoms with E-state index in [1.807, 2.05) is 0 Å². The minimum absolute atomic E-state index is 0. The third kappa shape index (κ3) is 4.09. The quantitative estimate of drug-likeness (QED) is 0.885. The number of benzene rings is 1. The van der Waals surface area contributed by atoms with Crippen LogP contribution in [0.2, 0.25) is 5.02 Å². The molecule has 0 spiro atoms. The van der Waals surface area contributed by atoms with E-state index in [0.717, 1.165) is 19.3 Å². The lowest BCUT2D eigenvalue weighted by atomic mass is 9.94. The lowest BCUT2D eigenvalue weighted by molar-refractivity contribution is -0.126. The monoisotopic (exact) mass is 334 g/mol. The van der Waals surface area contributed by atoms with Gasteiger partial charge in [0.15, 0.2) is 0 Å². The van der Waals surface area contributed by atoms with Crippen molar-refractivity contribution in [2.45, 2.75) is 32.2 Å². The number of nitrogens with two attached hydrogens (primary N) is 1. The SMILES string of the molecule is CC(NC(=O)[C@@H]1CCC[C@@H]1CN)c1c(F)cccc1Cl.Cl. The van der Waals surface area contributed by atoms with Gasteiger partial charge in [-0.3, -0.25) is 4.79 Å². The fourth-order valence-electron chi connectivity index (χ4n) is 2.98. The van der Waals surface area contributed by atoms with E-state index in [9.17, 15) is 9.18 Å². The zero-order valence-electron chi connectivity index (χ0n) is 11.9. The number of hydrogen-bond donors (Lipinski definition) is 2. The molecule has 1 amide bonds. The van der Waals surface area contributed by atoms with Crippen molar-refractivity contribution in [3.05, 3.63) is 34.6 Å². The molecule has 1 aliphatic rings. The molecule has 118 valence electrons. The van der Waals surface area contributed by atoms with E-state index in [0.29, 0.717) is 17.1 Å². The normalized spacial score (nSPS) is 22.5. The Kier molecular flexibility index (Phi) is 6.91. The Bertz CT molecular complexity index is 478. The maximum Gasteiger partial charge on any atom is 0.223 e. The number of halogens is 3. The van der Waals surface area contributed by atoms with E-state index < -0.39 is 11.9 Å². The van der Waals surface area contributed by atoms with E-state index in [1.165, 1.54) is 6.07 Å². The molecule has 3 atom stereocenters. The molecule has 1 unspecified atom stereocenters. The van der Waals surface area contributed by atoms with Gasteiger partial charge in [0.1, 0.15) is 5.82 Å². The predicted molar refractivity (Wildman–Crippen MR) is 85.1 cm³/mol. The first-order valence-electron chi connectivity index (χ1n) is 6.99. The zero-order chi connectivity index (χ0) is 14.7. The summed E-state index contributed by atoms with van der Waals surface area (Å²) in [6.07, 6.45) is 2.86. The van der Waals surface area contributed by atoms with Gasteiger partial charge in [0, 0.05) is 16.5 Å². The molecule has 1 saturated carbocycles. The van der Waals surface area contributed by atoms with Gasteiger partial charge in [0.25, 0.3) is 0 Å². The lowest BCUT2D eigenvalue weighted by Crippen LogP contribution is -2.36. The minimum Gasteiger partial charge on any atom is -0.349 e. The number of amides is 1. The van der Waals surface area contributed by atoms with Gasteiger partial charge in [-0.25, -0.2) is 4.39 Å². The van der Waals surface area contributed by atoms with Crippen LogP contribution in [0.4, 0.5) is 4.39 Å². The second-order valence-electron chi connectivity index (χ2n) is 5.40. The van der Waals surface area contributed by atoms with Crippen molar-refractivity contribution in [3.8, 4) is 0 Å². The highest BCUT2D eigenvalue weighted by Gasteiger charge is 2.32. The molecule has 0 aromatic heterocycles. The Labute approximate surface area is 135 Å². The van der Waals surface area contributed by atoms with Crippen LogP contribution in [0.3, 0.4) is 0 Å². The molecule has 6 heteroatoms. The molecule has 2 rings (SSSR count).